The zero-order valence-corrected chi connectivity index (χ0v) is 24.7. The topological polar surface area (TPSA) is 66.8 Å². The van der Waals surface area contributed by atoms with Crippen LogP contribution >= 0.6 is 0 Å². The van der Waals surface area contributed by atoms with E-state index < -0.39 is 17.7 Å². The molecule has 1 amide bonds. The molecule has 1 N–H and O–H groups in total. The van der Waals surface area contributed by atoms with Crippen molar-refractivity contribution in [1.29, 1.82) is 0 Å². The van der Waals surface area contributed by atoms with Crippen LogP contribution in [0, 0.1) is 20.8 Å². The van der Waals surface area contributed by atoms with E-state index in [1.807, 2.05) is 95.0 Å². The smallest absolute Gasteiger partial charge is 0.337 e. The number of aryl methyl sites for hydroxylation is 1. The minimum atomic E-state index is -1.14. The summed E-state index contributed by atoms with van der Waals surface area (Å²) < 4.78 is 6.17. The fraction of sp³-hybridized carbons (Fsp3) is 0.412. The van der Waals surface area contributed by atoms with E-state index in [-0.39, 0.29) is 11.3 Å². The van der Waals surface area contributed by atoms with Gasteiger partial charge in [0.05, 0.1) is 5.60 Å². The van der Waals surface area contributed by atoms with Crippen LogP contribution in [0.25, 0.3) is 11.1 Å². The van der Waals surface area contributed by atoms with Crippen molar-refractivity contribution in [2.75, 3.05) is 0 Å². The molecule has 4 rings (SSSR count). The molecule has 0 aromatic heterocycles. The molecule has 3 aromatic carbocycles. The number of hydrogen-bond acceptors (Lipinski definition) is 3. The van der Waals surface area contributed by atoms with Gasteiger partial charge in [0.25, 0.3) is 5.91 Å². The van der Waals surface area contributed by atoms with Crippen LogP contribution in [-0.2, 0) is 28.0 Å². The zero-order chi connectivity index (χ0) is 28.9. The average molecular weight is 528 g/mol. The highest BCUT2D eigenvalue weighted by Crippen LogP contribution is 2.44. The Balaban J connectivity index is 1.83. The molecule has 5 heteroatoms. The predicted molar refractivity (Wildman–Crippen MR) is 156 cm³/mol. The summed E-state index contributed by atoms with van der Waals surface area (Å²) in [5.41, 5.74) is 8.80. The molecule has 1 aliphatic rings. The molecule has 0 fully saturated rings. The fourth-order valence-corrected chi connectivity index (χ4v) is 5.47. The molecule has 1 atom stereocenters. The van der Waals surface area contributed by atoms with Gasteiger partial charge in [-0.05, 0) is 98.0 Å². The van der Waals surface area contributed by atoms with Crippen molar-refractivity contribution in [3.05, 3.63) is 93.0 Å². The third-order valence-electron chi connectivity index (χ3n) is 7.60. The minimum absolute atomic E-state index is 0.0122. The quantitative estimate of drug-likeness (QED) is 0.370. The van der Waals surface area contributed by atoms with Crippen LogP contribution in [0.15, 0.2) is 48.5 Å². The lowest BCUT2D eigenvalue weighted by molar-refractivity contribution is -0.160. The number of benzene rings is 3. The molecular weight excluding hydrogens is 486 g/mol. The van der Waals surface area contributed by atoms with Crippen LogP contribution in [0.3, 0.4) is 0 Å². The molecular formula is C34H41NO4. The average Bonchev–Trinajstić information content (AvgIpc) is 3.30. The minimum Gasteiger partial charge on any atom is -0.479 e. The van der Waals surface area contributed by atoms with Crippen LogP contribution in [0.2, 0.25) is 0 Å². The third kappa shape index (κ3) is 5.79. The van der Waals surface area contributed by atoms with Crippen LogP contribution < -0.4 is 0 Å². The fourth-order valence-electron chi connectivity index (χ4n) is 5.47. The first-order valence-corrected chi connectivity index (χ1v) is 13.6. The van der Waals surface area contributed by atoms with Gasteiger partial charge in [-0.3, -0.25) is 4.79 Å². The van der Waals surface area contributed by atoms with Gasteiger partial charge in [-0.25, -0.2) is 4.79 Å². The zero-order valence-electron chi connectivity index (χ0n) is 24.7. The molecule has 0 aliphatic carbocycles. The second-order valence-electron chi connectivity index (χ2n) is 12.8. The Labute approximate surface area is 232 Å². The number of carbonyl (C=O) groups excluding carboxylic acids is 1. The summed E-state index contributed by atoms with van der Waals surface area (Å²) in [5.74, 6) is -1.05. The van der Waals surface area contributed by atoms with Crippen LogP contribution in [-0.4, -0.2) is 27.5 Å². The highest BCUT2D eigenvalue weighted by molar-refractivity contribution is 5.95. The highest BCUT2D eigenvalue weighted by Gasteiger charge is 2.36. The van der Waals surface area contributed by atoms with Crippen molar-refractivity contribution in [3.63, 3.8) is 0 Å². The Morgan fingerprint density at radius 2 is 1.36 bits per heavy atom. The summed E-state index contributed by atoms with van der Waals surface area (Å²) in [7, 11) is 0. The molecule has 1 aliphatic heterocycles. The first-order chi connectivity index (χ1) is 18.1. The van der Waals surface area contributed by atoms with E-state index in [9.17, 15) is 14.7 Å². The van der Waals surface area contributed by atoms with Gasteiger partial charge in [-0.1, -0.05) is 62.7 Å². The lowest BCUT2D eigenvalue weighted by Gasteiger charge is -2.29. The number of carboxylic acids is 1. The molecule has 0 radical (unpaired) electrons. The number of hydrogen-bond donors (Lipinski definition) is 1. The number of nitrogens with zero attached hydrogens (tertiary/aromatic N) is 1. The van der Waals surface area contributed by atoms with Crippen molar-refractivity contribution < 1.29 is 19.4 Å². The van der Waals surface area contributed by atoms with E-state index in [2.05, 4.69) is 20.8 Å². The Bertz CT molecular complexity index is 1400. The molecule has 1 unspecified atom stereocenters. The van der Waals surface area contributed by atoms with Gasteiger partial charge in [0.15, 0.2) is 6.10 Å². The normalized spacial score (nSPS) is 14.3. The molecule has 0 saturated heterocycles. The second-order valence-corrected chi connectivity index (χ2v) is 12.8. The molecule has 0 spiro atoms. The molecule has 3 aromatic rings. The molecule has 0 saturated carbocycles. The highest BCUT2D eigenvalue weighted by atomic mass is 16.5. The van der Waals surface area contributed by atoms with Crippen molar-refractivity contribution in [2.45, 2.75) is 92.5 Å². The number of carbonyl (C=O) groups is 2. The SMILES string of the molecule is Cc1ccc(-c2c(C)c3c(c(C)c2C(OC(C)(C)C)C(=O)O)CN(C(=O)c2ccc(C(C)(C)C)cc2)C3)cc1. The van der Waals surface area contributed by atoms with Crippen molar-refractivity contribution in [1.82, 2.24) is 4.90 Å². The first kappa shape index (κ1) is 28.6. The van der Waals surface area contributed by atoms with Gasteiger partial charge < -0.3 is 14.7 Å². The Hall–Kier alpha value is -3.44. The number of carboxylic acid groups (broad SMARTS) is 1. The van der Waals surface area contributed by atoms with E-state index in [1.54, 1.807) is 0 Å². The molecule has 0 bridgehead atoms. The van der Waals surface area contributed by atoms with Gasteiger partial charge in [-0.15, -0.1) is 0 Å². The van der Waals surface area contributed by atoms with E-state index >= 15 is 0 Å². The standard InChI is InChI=1S/C34H41NO4/c1-20-10-12-23(13-11-20)28-21(2)26-18-35(31(36)24-14-16-25(17-15-24)33(4,5)6)19-27(26)22(3)29(28)30(32(37)38)39-34(7,8)9/h10-17,30H,18-19H2,1-9H3,(H,37,38). The monoisotopic (exact) mass is 527 g/mol. The number of amides is 1. The lowest BCUT2D eigenvalue weighted by Crippen LogP contribution is -2.28. The summed E-state index contributed by atoms with van der Waals surface area (Å²) >= 11 is 0. The van der Waals surface area contributed by atoms with E-state index in [4.69, 9.17) is 4.74 Å². The second kappa shape index (κ2) is 10.3. The van der Waals surface area contributed by atoms with E-state index in [0.29, 0.717) is 24.2 Å². The number of fused-ring (bicyclic) bond motifs is 1. The number of aliphatic carboxylic acids is 1. The number of rotatable bonds is 5. The first-order valence-electron chi connectivity index (χ1n) is 13.6. The summed E-state index contributed by atoms with van der Waals surface area (Å²) in [4.78, 5) is 28.1. The van der Waals surface area contributed by atoms with Crippen LogP contribution in [0.1, 0.15) is 96.9 Å². The van der Waals surface area contributed by atoms with Crippen molar-refractivity contribution in [3.8, 4) is 11.1 Å². The summed E-state index contributed by atoms with van der Waals surface area (Å²) in [6.45, 7) is 19.0. The maximum absolute atomic E-state index is 13.6. The summed E-state index contributed by atoms with van der Waals surface area (Å²) in [5, 5.41) is 10.3. The predicted octanol–water partition coefficient (Wildman–Crippen LogP) is 7.67. The van der Waals surface area contributed by atoms with Gasteiger partial charge in [0.1, 0.15) is 0 Å². The Morgan fingerprint density at radius 3 is 1.85 bits per heavy atom. The summed E-state index contributed by atoms with van der Waals surface area (Å²) in [6, 6.07) is 16.0. The largest absolute Gasteiger partial charge is 0.479 e. The molecule has 206 valence electrons. The molecule has 1 heterocycles. The van der Waals surface area contributed by atoms with Gasteiger partial charge in [0.2, 0.25) is 0 Å². The van der Waals surface area contributed by atoms with Crippen LogP contribution in [0.5, 0.6) is 0 Å². The van der Waals surface area contributed by atoms with E-state index in [1.165, 1.54) is 5.56 Å². The Kier molecular flexibility index (Phi) is 7.52. The van der Waals surface area contributed by atoms with Crippen molar-refractivity contribution in [2.24, 2.45) is 0 Å². The van der Waals surface area contributed by atoms with E-state index in [0.717, 1.165) is 38.9 Å². The maximum atomic E-state index is 13.6. The van der Waals surface area contributed by atoms with Gasteiger partial charge in [-0.2, -0.15) is 0 Å². The van der Waals surface area contributed by atoms with Gasteiger partial charge >= 0.3 is 5.97 Å². The third-order valence-corrected chi connectivity index (χ3v) is 7.60. The lowest BCUT2D eigenvalue weighted by atomic mass is 9.83. The molecule has 5 nitrogen and oxygen atoms in total. The molecule has 39 heavy (non-hydrogen) atoms. The number of ether oxygens (including phenoxy) is 1. The summed E-state index contributed by atoms with van der Waals surface area (Å²) in [6.07, 6.45) is -1.14. The van der Waals surface area contributed by atoms with Gasteiger partial charge in [0, 0.05) is 24.2 Å². The maximum Gasteiger partial charge on any atom is 0.337 e. The van der Waals surface area contributed by atoms with Crippen LogP contribution in [0.4, 0.5) is 0 Å². The van der Waals surface area contributed by atoms with Crippen molar-refractivity contribution >= 4 is 11.9 Å². The Morgan fingerprint density at radius 1 is 0.821 bits per heavy atom.